The Hall–Kier alpha value is -1.39. The molecule has 2 fully saturated rings. The van der Waals surface area contributed by atoms with Gasteiger partial charge in [-0.15, -0.1) is 0 Å². The molecule has 1 heterocycles. The zero-order chi connectivity index (χ0) is 12.8. The molecule has 2 rings (SSSR count). The van der Waals surface area contributed by atoms with Crippen LogP contribution in [0.15, 0.2) is 0 Å². The number of carboxylic acids is 1. The lowest BCUT2D eigenvalue weighted by atomic mass is 9.96. The lowest BCUT2D eigenvalue weighted by Gasteiger charge is -2.33. The van der Waals surface area contributed by atoms with Crippen molar-refractivity contribution in [2.75, 3.05) is 0 Å². The quantitative estimate of drug-likeness (QED) is 0.746. The van der Waals surface area contributed by atoms with Gasteiger partial charge in [0.05, 0.1) is 11.8 Å². The standard InChI is InChI=1S/C12H17NO4/c1-3-12(2,11(16)17)13-9(14)7-5-4-6-8(7)10(13)15/h7-8H,3-6H2,1-2H3,(H,16,17). The summed E-state index contributed by atoms with van der Waals surface area (Å²) in [4.78, 5) is 36.6. The zero-order valence-electron chi connectivity index (χ0n) is 10.1. The van der Waals surface area contributed by atoms with E-state index in [1.807, 2.05) is 0 Å². The van der Waals surface area contributed by atoms with Crippen molar-refractivity contribution in [1.29, 1.82) is 0 Å². The molecule has 94 valence electrons. The third kappa shape index (κ3) is 1.48. The van der Waals surface area contributed by atoms with E-state index in [0.717, 1.165) is 11.3 Å². The molecule has 17 heavy (non-hydrogen) atoms. The first-order valence-corrected chi connectivity index (χ1v) is 6.04. The number of carbonyl (C=O) groups excluding carboxylic acids is 2. The van der Waals surface area contributed by atoms with Crippen LogP contribution in [0, 0.1) is 11.8 Å². The summed E-state index contributed by atoms with van der Waals surface area (Å²) < 4.78 is 0. The molecule has 0 spiro atoms. The van der Waals surface area contributed by atoms with E-state index in [1.54, 1.807) is 6.92 Å². The largest absolute Gasteiger partial charge is 0.479 e. The van der Waals surface area contributed by atoms with E-state index in [2.05, 4.69) is 0 Å². The predicted octanol–water partition coefficient (Wildman–Crippen LogP) is 1.02. The molecule has 0 aromatic carbocycles. The number of nitrogens with zero attached hydrogens (tertiary/aromatic N) is 1. The second-order valence-electron chi connectivity index (χ2n) is 5.09. The Balaban J connectivity index is 2.37. The average Bonchev–Trinajstić information content (AvgIpc) is 2.83. The van der Waals surface area contributed by atoms with Crippen LogP contribution in [0.5, 0.6) is 0 Å². The van der Waals surface area contributed by atoms with Crippen molar-refractivity contribution in [3.05, 3.63) is 0 Å². The first kappa shape index (κ1) is 12.1. The van der Waals surface area contributed by atoms with Crippen LogP contribution in [-0.2, 0) is 14.4 Å². The highest BCUT2D eigenvalue weighted by atomic mass is 16.4. The molecule has 1 saturated heterocycles. The van der Waals surface area contributed by atoms with E-state index in [1.165, 1.54) is 6.92 Å². The third-order valence-corrected chi connectivity index (χ3v) is 4.23. The van der Waals surface area contributed by atoms with E-state index in [9.17, 15) is 19.5 Å². The van der Waals surface area contributed by atoms with Gasteiger partial charge in [-0.2, -0.15) is 0 Å². The molecule has 1 saturated carbocycles. The van der Waals surface area contributed by atoms with Gasteiger partial charge in [0.1, 0.15) is 5.54 Å². The molecule has 1 aliphatic carbocycles. The third-order valence-electron chi connectivity index (χ3n) is 4.23. The van der Waals surface area contributed by atoms with Crippen molar-refractivity contribution >= 4 is 17.8 Å². The maximum Gasteiger partial charge on any atom is 0.329 e. The van der Waals surface area contributed by atoms with Gasteiger partial charge in [0.2, 0.25) is 11.8 Å². The van der Waals surface area contributed by atoms with Crippen molar-refractivity contribution in [1.82, 2.24) is 4.90 Å². The molecular formula is C12H17NO4. The lowest BCUT2D eigenvalue weighted by molar-refractivity contribution is -0.163. The van der Waals surface area contributed by atoms with Crippen molar-refractivity contribution in [3.8, 4) is 0 Å². The van der Waals surface area contributed by atoms with Gasteiger partial charge < -0.3 is 5.11 Å². The summed E-state index contributed by atoms with van der Waals surface area (Å²) in [5.74, 6) is -2.23. The van der Waals surface area contributed by atoms with Crippen LogP contribution in [0.25, 0.3) is 0 Å². The summed E-state index contributed by atoms with van der Waals surface area (Å²) in [7, 11) is 0. The van der Waals surface area contributed by atoms with Crippen LogP contribution in [0.3, 0.4) is 0 Å². The maximum absolute atomic E-state index is 12.1. The van der Waals surface area contributed by atoms with Crippen LogP contribution >= 0.6 is 0 Å². The summed E-state index contributed by atoms with van der Waals surface area (Å²) in [5, 5.41) is 9.25. The highest BCUT2D eigenvalue weighted by molar-refractivity contribution is 6.09. The number of hydrogen-bond donors (Lipinski definition) is 1. The molecule has 5 nitrogen and oxygen atoms in total. The summed E-state index contributed by atoms with van der Waals surface area (Å²) in [6, 6.07) is 0. The number of aliphatic carboxylic acids is 1. The number of amides is 2. The van der Waals surface area contributed by atoms with Crippen LogP contribution < -0.4 is 0 Å². The van der Waals surface area contributed by atoms with Crippen LogP contribution in [-0.4, -0.2) is 33.3 Å². The molecule has 5 heteroatoms. The molecule has 2 amide bonds. The van der Waals surface area contributed by atoms with E-state index < -0.39 is 11.5 Å². The van der Waals surface area contributed by atoms with Crippen molar-refractivity contribution in [3.63, 3.8) is 0 Å². The molecule has 0 bridgehead atoms. The first-order valence-electron chi connectivity index (χ1n) is 6.04. The second kappa shape index (κ2) is 3.82. The molecule has 2 aliphatic rings. The molecule has 1 aliphatic heterocycles. The smallest absolute Gasteiger partial charge is 0.329 e. The van der Waals surface area contributed by atoms with Gasteiger partial charge in [-0.1, -0.05) is 13.3 Å². The van der Waals surface area contributed by atoms with Gasteiger partial charge in [-0.25, -0.2) is 4.79 Å². The van der Waals surface area contributed by atoms with Crippen molar-refractivity contribution in [2.24, 2.45) is 11.8 Å². The molecule has 3 unspecified atom stereocenters. The Morgan fingerprint density at radius 1 is 1.35 bits per heavy atom. The van der Waals surface area contributed by atoms with Gasteiger partial charge in [-0.3, -0.25) is 14.5 Å². The fraction of sp³-hybridized carbons (Fsp3) is 0.750. The molecule has 0 aromatic heterocycles. The summed E-state index contributed by atoms with van der Waals surface area (Å²) in [6.07, 6.45) is 2.55. The van der Waals surface area contributed by atoms with E-state index in [0.29, 0.717) is 12.8 Å². The van der Waals surface area contributed by atoms with E-state index in [-0.39, 0.29) is 30.1 Å². The fourth-order valence-corrected chi connectivity index (χ4v) is 2.88. The average molecular weight is 239 g/mol. The number of hydrogen-bond acceptors (Lipinski definition) is 3. The minimum atomic E-state index is -1.39. The first-order chi connectivity index (χ1) is 7.93. The van der Waals surface area contributed by atoms with Crippen LogP contribution in [0.2, 0.25) is 0 Å². The summed E-state index contributed by atoms with van der Waals surface area (Å²) in [5.41, 5.74) is -1.39. The summed E-state index contributed by atoms with van der Waals surface area (Å²) in [6.45, 7) is 3.13. The molecule has 0 radical (unpaired) electrons. The van der Waals surface area contributed by atoms with Gasteiger partial charge in [0, 0.05) is 0 Å². The normalized spacial score (nSPS) is 31.5. The maximum atomic E-state index is 12.1. The number of carbonyl (C=O) groups is 3. The van der Waals surface area contributed by atoms with Crippen LogP contribution in [0.1, 0.15) is 39.5 Å². The minimum absolute atomic E-state index is 0.235. The van der Waals surface area contributed by atoms with Gasteiger partial charge in [0.15, 0.2) is 0 Å². The fourth-order valence-electron chi connectivity index (χ4n) is 2.88. The van der Waals surface area contributed by atoms with E-state index in [4.69, 9.17) is 0 Å². The molecule has 1 N–H and O–H groups in total. The highest BCUT2D eigenvalue weighted by Gasteiger charge is 2.57. The van der Waals surface area contributed by atoms with Crippen LogP contribution in [0.4, 0.5) is 0 Å². The summed E-state index contributed by atoms with van der Waals surface area (Å²) >= 11 is 0. The lowest BCUT2D eigenvalue weighted by Crippen LogP contribution is -2.55. The van der Waals surface area contributed by atoms with Crippen molar-refractivity contribution < 1.29 is 19.5 Å². The second-order valence-corrected chi connectivity index (χ2v) is 5.09. The number of rotatable bonds is 3. The van der Waals surface area contributed by atoms with E-state index >= 15 is 0 Å². The minimum Gasteiger partial charge on any atom is -0.479 e. The zero-order valence-corrected chi connectivity index (χ0v) is 10.1. The Bertz CT molecular complexity index is 370. The van der Waals surface area contributed by atoms with Gasteiger partial charge in [0.25, 0.3) is 0 Å². The Labute approximate surface area is 99.8 Å². The number of carboxylic acid groups (broad SMARTS) is 1. The number of fused-ring (bicyclic) bond motifs is 1. The number of imide groups is 1. The Morgan fingerprint density at radius 3 is 2.18 bits per heavy atom. The predicted molar refractivity (Wildman–Crippen MR) is 59.0 cm³/mol. The molecular weight excluding hydrogens is 222 g/mol. The SMILES string of the molecule is CCC(C)(C(=O)O)N1C(=O)C2CCCC2C1=O. The highest BCUT2D eigenvalue weighted by Crippen LogP contribution is 2.43. The van der Waals surface area contributed by atoms with Gasteiger partial charge >= 0.3 is 5.97 Å². The molecule has 3 atom stereocenters. The number of likely N-dealkylation sites (tertiary alicyclic amines) is 1. The Morgan fingerprint density at radius 2 is 1.82 bits per heavy atom. The monoisotopic (exact) mass is 239 g/mol. The Kier molecular flexibility index (Phi) is 2.72. The van der Waals surface area contributed by atoms with Gasteiger partial charge in [-0.05, 0) is 26.2 Å². The topological polar surface area (TPSA) is 74.7 Å². The molecule has 0 aromatic rings. The van der Waals surface area contributed by atoms with Crippen molar-refractivity contribution in [2.45, 2.75) is 45.1 Å².